The van der Waals surface area contributed by atoms with Gasteiger partial charge in [-0.2, -0.15) is 0 Å². The zero-order chi connectivity index (χ0) is 28.5. The van der Waals surface area contributed by atoms with E-state index in [-0.39, 0.29) is 11.5 Å². The summed E-state index contributed by atoms with van der Waals surface area (Å²) in [5, 5.41) is 4.83. The van der Waals surface area contributed by atoms with Crippen molar-refractivity contribution in [2.24, 2.45) is 0 Å². The Bertz CT molecular complexity index is 2290. The van der Waals surface area contributed by atoms with Crippen molar-refractivity contribution in [3.63, 3.8) is 0 Å². The standard InChI is InChI=1S/C38H26N4O/c1-38-22-27-15-9-8-14-25(27)19-34(38)43-33-21-32-29(20-30(33)38)28-17-16-26(18-31(28)39-32)37-41-35(23-10-4-2-5-11-23)40-36(42-37)24-12-6-3-7-13-24/h2-22,34,39H,1H3. The van der Waals surface area contributed by atoms with E-state index >= 15 is 0 Å². The Morgan fingerprint density at radius 1 is 0.605 bits per heavy atom. The molecule has 2 aromatic heterocycles. The van der Waals surface area contributed by atoms with Gasteiger partial charge in [0.2, 0.25) is 0 Å². The Kier molecular flexibility index (Phi) is 5.03. The van der Waals surface area contributed by atoms with Gasteiger partial charge in [-0.15, -0.1) is 0 Å². The molecule has 2 atom stereocenters. The third-order valence-corrected chi connectivity index (χ3v) is 8.86. The fraction of sp³-hybridized carbons (Fsp3) is 0.0789. The number of aromatic nitrogens is 4. The van der Waals surface area contributed by atoms with Crippen LogP contribution in [0.3, 0.4) is 0 Å². The lowest BCUT2D eigenvalue weighted by atomic mass is 9.75. The van der Waals surface area contributed by atoms with Crippen molar-refractivity contribution in [2.45, 2.75) is 18.4 Å². The molecule has 1 aliphatic heterocycles. The number of H-pyrrole nitrogens is 1. The summed E-state index contributed by atoms with van der Waals surface area (Å²) in [6.07, 6.45) is 4.60. The summed E-state index contributed by atoms with van der Waals surface area (Å²) in [5.74, 6) is 2.88. The fourth-order valence-corrected chi connectivity index (χ4v) is 6.59. The minimum atomic E-state index is -0.228. The molecule has 3 heterocycles. The van der Waals surface area contributed by atoms with E-state index in [1.165, 1.54) is 21.4 Å². The molecule has 0 bridgehead atoms. The molecule has 2 unspecified atom stereocenters. The molecule has 0 saturated heterocycles. The van der Waals surface area contributed by atoms with Crippen LogP contribution in [0.2, 0.25) is 0 Å². The molecule has 9 rings (SSSR count). The summed E-state index contributed by atoms with van der Waals surface area (Å²) < 4.78 is 6.54. The molecular weight excluding hydrogens is 528 g/mol. The highest BCUT2D eigenvalue weighted by Gasteiger charge is 2.44. The van der Waals surface area contributed by atoms with E-state index < -0.39 is 0 Å². The summed E-state index contributed by atoms with van der Waals surface area (Å²) in [7, 11) is 0. The van der Waals surface area contributed by atoms with E-state index in [1.54, 1.807) is 0 Å². The highest BCUT2D eigenvalue weighted by molar-refractivity contribution is 6.09. The van der Waals surface area contributed by atoms with Gasteiger partial charge in [0.15, 0.2) is 17.5 Å². The topological polar surface area (TPSA) is 63.7 Å². The van der Waals surface area contributed by atoms with Crippen LogP contribution in [-0.4, -0.2) is 26.0 Å². The molecule has 0 radical (unpaired) electrons. The van der Waals surface area contributed by atoms with E-state index in [4.69, 9.17) is 19.7 Å². The maximum atomic E-state index is 6.54. The van der Waals surface area contributed by atoms with Crippen molar-refractivity contribution < 1.29 is 4.74 Å². The van der Waals surface area contributed by atoms with Crippen molar-refractivity contribution in [3.8, 4) is 39.9 Å². The van der Waals surface area contributed by atoms with Crippen LogP contribution >= 0.6 is 0 Å². The molecule has 1 aliphatic carbocycles. The van der Waals surface area contributed by atoms with Gasteiger partial charge in [-0.05, 0) is 35.6 Å². The van der Waals surface area contributed by atoms with Gasteiger partial charge in [0.1, 0.15) is 11.9 Å². The first-order valence-electron chi connectivity index (χ1n) is 14.6. The van der Waals surface area contributed by atoms with Crippen molar-refractivity contribution in [1.82, 2.24) is 19.9 Å². The molecule has 0 saturated carbocycles. The number of rotatable bonds is 3. The van der Waals surface area contributed by atoms with Crippen LogP contribution in [0, 0.1) is 0 Å². The van der Waals surface area contributed by atoms with Crippen LogP contribution in [0.1, 0.15) is 12.5 Å². The summed E-state index contributed by atoms with van der Waals surface area (Å²) in [4.78, 5) is 18.3. The van der Waals surface area contributed by atoms with Gasteiger partial charge >= 0.3 is 0 Å². The first-order valence-corrected chi connectivity index (χ1v) is 14.6. The van der Waals surface area contributed by atoms with Gasteiger partial charge in [-0.25, -0.2) is 15.0 Å². The van der Waals surface area contributed by atoms with Crippen LogP contribution in [0.4, 0.5) is 0 Å². The quantitative estimate of drug-likeness (QED) is 0.261. The van der Waals surface area contributed by atoms with Crippen molar-refractivity contribution in [2.75, 3.05) is 0 Å². The smallest absolute Gasteiger partial charge is 0.164 e. The molecule has 5 aromatic carbocycles. The first kappa shape index (κ1) is 24.1. The highest BCUT2D eigenvalue weighted by Crippen LogP contribution is 2.48. The maximum Gasteiger partial charge on any atom is 0.164 e. The van der Waals surface area contributed by atoms with E-state index in [2.05, 4.69) is 78.7 Å². The minimum absolute atomic E-state index is 0.0248. The normalized spacial score (nSPS) is 18.3. The molecule has 0 amide bonds. The lowest BCUT2D eigenvalue weighted by Gasteiger charge is -2.27. The summed E-state index contributed by atoms with van der Waals surface area (Å²) in [6, 6.07) is 39.5. The molecule has 5 nitrogen and oxygen atoms in total. The second-order valence-electron chi connectivity index (χ2n) is 11.6. The average molecular weight is 555 g/mol. The number of ether oxygens (including phenoxy) is 1. The average Bonchev–Trinajstić information content (AvgIpc) is 3.55. The third-order valence-electron chi connectivity index (χ3n) is 8.86. The van der Waals surface area contributed by atoms with Gasteiger partial charge in [-0.1, -0.05) is 103 Å². The Labute approximate surface area is 247 Å². The Morgan fingerprint density at radius 2 is 1.21 bits per heavy atom. The third kappa shape index (κ3) is 3.75. The summed E-state index contributed by atoms with van der Waals surface area (Å²) in [6.45, 7) is 2.28. The lowest BCUT2D eigenvalue weighted by Crippen LogP contribution is -2.42. The number of nitrogens with zero attached hydrogens (tertiary/aromatic N) is 3. The van der Waals surface area contributed by atoms with Gasteiger partial charge < -0.3 is 9.72 Å². The second-order valence-corrected chi connectivity index (χ2v) is 11.6. The maximum absolute atomic E-state index is 6.54. The van der Waals surface area contributed by atoms with Crippen molar-refractivity contribution in [1.29, 1.82) is 0 Å². The lowest BCUT2D eigenvalue weighted by molar-refractivity contribution is 0.251. The predicted octanol–water partition coefficient (Wildman–Crippen LogP) is 6.80. The second kappa shape index (κ2) is 8.97. The Balaban J connectivity index is 1.18. The summed E-state index contributed by atoms with van der Waals surface area (Å²) >= 11 is 0. The number of hydrogen-bond donors (Lipinski definition) is 1. The fourth-order valence-electron chi connectivity index (χ4n) is 6.59. The van der Waals surface area contributed by atoms with Gasteiger partial charge in [-0.3, -0.25) is 0 Å². The van der Waals surface area contributed by atoms with Gasteiger partial charge in [0.05, 0.1) is 10.9 Å². The van der Waals surface area contributed by atoms with Gasteiger partial charge in [0, 0.05) is 44.6 Å². The molecule has 0 spiro atoms. The number of nitrogens with one attached hydrogen (secondary N) is 1. The molecule has 1 N–H and O–H groups in total. The molecule has 43 heavy (non-hydrogen) atoms. The van der Waals surface area contributed by atoms with Crippen molar-refractivity contribution in [3.05, 3.63) is 131 Å². The SMILES string of the molecule is CC12C=c3ccccc3=CC1Oc1cc3[nH]c4cc(-c5nc(-c6ccccc6)nc(-c6ccccc6)n5)ccc4c3cc12. The molecule has 204 valence electrons. The molecular formula is C38H26N4O. The van der Waals surface area contributed by atoms with E-state index in [0.717, 1.165) is 38.9 Å². The van der Waals surface area contributed by atoms with Crippen LogP contribution in [0.25, 0.3) is 68.1 Å². The Morgan fingerprint density at radius 3 is 1.91 bits per heavy atom. The van der Waals surface area contributed by atoms with Crippen molar-refractivity contribution >= 4 is 34.0 Å². The number of fused-ring (bicyclic) bond motifs is 7. The molecule has 0 fully saturated rings. The first-order chi connectivity index (χ1) is 21.1. The highest BCUT2D eigenvalue weighted by atomic mass is 16.5. The summed E-state index contributed by atoms with van der Waals surface area (Å²) in [5.41, 5.74) is 5.92. The van der Waals surface area contributed by atoms with Gasteiger partial charge in [0.25, 0.3) is 0 Å². The number of aromatic amines is 1. The van der Waals surface area contributed by atoms with Crippen LogP contribution < -0.4 is 15.2 Å². The van der Waals surface area contributed by atoms with Crippen LogP contribution in [0.15, 0.2) is 115 Å². The zero-order valence-electron chi connectivity index (χ0n) is 23.5. The monoisotopic (exact) mass is 554 g/mol. The predicted molar refractivity (Wildman–Crippen MR) is 172 cm³/mol. The van der Waals surface area contributed by atoms with Crippen LogP contribution in [0.5, 0.6) is 5.75 Å². The molecule has 7 aromatic rings. The molecule has 5 heteroatoms. The number of hydrogen-bond acceptors (Lipinski definition) is 4. The van der Waals surface area contributed by atoms with E-state index in [1.807, 2.05) is 60.7 Å². The van der Waals surface area contributed by atoms with E-state index in [9.17, 15) is 0 Å². The number of benzene rings is 5. The largest absolute Gasteiger partial charge is 0.485 e. The minimum Gasteiger partial charge on any atom is -0.485 e. The molecule has 2 aliphatic rings. The van der Waals surface area contributed by atoms with E-state index in [0.29, 0.717) is 17.5 Å². The van der Waals surface area contributed by atoms with Crippen LogP contribution in [-0.2, 0) is 5.41 Å². The Hall–Kier alpha value is -5.55. The zero-order valence-corrected chi connectivity index (χ0v) is 23.5.